The molecule has 0 amide bonds. The lowest BCUT2D eigenvalue weighted by Crippen LogP contribution is -2.38. The molecule has 0 spiro atoms. The van der Waals surface area contributed by atoms with E-state index in [-0.39, 0.29) is 6.01 Å². The van der Waals surface area contributed by atoms with Crippen LogP contribution in [0.1, 0.15) is 11.1 Å². The number of hydrogen-bond donors (Lipinski definition) is 3. The van der Waals surface area contributed by atoms with E-state index in [1.165, 1.54) is 4.68 Å². The predicted molar refractivity (Wildman–Crippen MR) is 126 cm³/mol. The highest BCUT2D eigenvalue weighted by Gasteiger charge is 2.19. The molecule has 0 saturated heterocycles. The third-order valence-electron chi connectivity index (χ3n) is 5.52. The van der Waals surface area contributed by atoms with Gasteiger partial charge in [-0.3, -0.25) is 4.79 Å². The van der Waals surface area contributed by atoms with Crippen LogP contribution in [0.15, 0.2) is 85.1 Å². The number of fused-ring (bicyclic) bond motifs is 1. The quantitative estimate of drug-likeness (QED) is 0.311. The molecule has 3 N–H and O–H groups in total. The Kier molecular flexibility index (Phi) is 6.00. The summed E-state index contributed by atoms with van der Waals surface area (Å²) in [5.41, 5.74) is 3.68. The van der Waals surface area contributed by atoms with Crippen molar-refractivity contribution in [2.45, 2.75) is 19.0 Å². The monoisotopic (exact) mass is 454 g/mol. The van der Waals surface area contributed by atoms with Crippen molar-refractivity contribution in [3.63, 3.8) is 0 Å². The fraction of sp³-hybridized carbons (Fsp3) is 0.120. The maximum absolute atomic E-state index is 11.8. The number of para-hydroxylation sites is 2. The van der Waals surface area contributed by atoms with Gasteiger partial charge in [-0.25, -0.2) is 0 Å². The molecule has 0 fully saturated rings. The summed E-state index contributed by atoms with van der Waals surface area (Å²) in [5, 5.41) is 25.5. The van der Waals surface area contributed by atoms with Gasteiger partial charge in [0.05, 0.1) is 5.69 Å². The van der Waals surface area contributed by atoms with Crippen LogP contribution < -0.4 is 10.1 Å². The van der Waals surface area contributed by atoms with Crippen LogP contribution in [-0.2, 0) is 17.8 Å². The minimum atomic E-state index is -0.891. The Labute approximate surface area is 195 Å². The molecule has 170 valence electrons. The maximum Gasteiger partial charge on any atom is 0.345 e. The second-order valence-electron chi connectivity index (χ2n) is 7.79. The first-order valence-electron chi connectivity index (χ1n) is 10.8. The molecule has 0 saturated carbocycles. The van der Waals surface area contributed by atoms with Crippen molar-refractivity contribution in [3.05, 3.63) is 96.2 Å². The molecule has 3 aromatic carbocycles. The molecule has 34 heavy (non-hydrogen) atoms. The SMILES string of the molecule is O=C(O)[C@@H](Cc1c[nH]c2ccccc12)NCc1ccc(Oc2nnnn2-c2ccccc2)cc1. The Balaban J connectivity index is 1.23. The summed E-state index contributed by atoms with van der Waals surface area (Å²) < 4.78 is 7.35. The predicted octanol–water partition coefficient (Wildman–Crippen LogP) is 3.72. The molecule has 1 atom stereocenters. The van der Waals surface area contributed by atoms with Crippen LogP contribution in [0.2, 0.25) is 0 Å². The zero-order chi connectivity index (χ0) is 23.3. The molecule has 9 heteroatoms. The van der Waals surface area contributed by atoms with Crippen molar-refractivity contribution in [1.82, 2.24) is 30.5 Å². The molecule has 0 bridgehead atoms. The largest absolute Gasteiger partial charge is 0.480 e. The van der Waals surface area contributed by atoms with Crippen molar-refractivity contribution >= 4 is 16.9 Å². The Hall–Kier alpha value is -4.50. The molecule has 2 heterocycles. The summed E-state index contributed by atoms with van der Waals surface area (Å²) in [4.78, 5) is 15.0. The lowest BCUT2D eigenvalue weighted by Gasteiger charge is -2.14. The van der Waals surface area contributed by atoms with Crippen molar-refractivity contribution in [2.24, 2.45) is 0 Å². The number of hydrogen-bond acceptors (Lipinski definition) is 6. The zero-order valence-corrected chi connectivity index (χ0v) is 18.1. The van der Waals surface area contributed by atoms with Crippen molar-refractivity contribution in [2.75, 3.05) is 0 Å². The van der Waals surface area contributed by atoms with Crippen LogP contribution >= 0.6 is 0 Å². The summed E-state index contributed by atoms with van der Waals surface area (Å²) in [6.07, 6.45) is 2.25. The Morgan fingerprint density at radius 2 is 1.79 bits per heavy atom. The first-order chi connectivity index (χ1) is 16.7. The number of carbonyl (C=O) groups is 1. The van der Waals surface area contributed by atoms with Crippen LogP contribution in [0.25, 0.3) is 16.6 Å². The van der Waals surface area contributed by atoms with E-state index in [0.717, 1.165) is 27.7 Å². The number of tetrazole rings is 1. The highest BCUT2D eigenvalue weighted by Crippen LogP contribution is 2.22. The molecule has 0 aliphatic heterocycles. The molecule has 9 nitrogen and oxygen atoms in total. The lowest BCUT2D eigenvalue weighted by molar-refractivity contribution is -0.139. The number of aliphatic carboxylic acids is 1. The summed E-state index contributed by atoms with van der Waals surface area (Å²) in [6, 6.07) is 24.2. The van der Waals surface area contributed by atoms with Crippen LogP contribution in [0, 0.1) is 0 Å². The van der Waals surface area contributed by atoms with Crippen LogP contribution in [0.3, 0.4) is 0 Å². The van der Waals surface area contributed by atoms with E-state index >= 15 is 0 Å². The molecule has 2 aromatic heterocycles. The molecule has 0 unspecified atom stereocenters. The van der Waals surface area contributed by atoms with Crippen molar-refractivity contribution in [3.8, 4) is 17.4 Å². The second kappa shape index (κ2) is 9.55. The minimum absolute atomic E-state index is 0.252. The number of benzene rings is 3. The Morgan fingerprint density at radius 3 is 2.59 bits per heavy atom. The fourth-order valence-electron chi connectivity index (χ4n) is 3.76. The van der Waals surface area contributed by atoms with Gasteiger partial charge in [0.25, 0.3) is 0 Å². The smallest absolute Gasteiger partial charge is 0.345 e. The van der Waals surface area contributed by atoms with Crippen LogP contribution in [0.4, 0.5) is 0 Å². The number of ether oxygens (including phenoxy) is 1. The second-order valence-corrected chi connectivity index (χ2v) is 7.79. The summed E-state index contributed by atoms with van der Waals surface area (Å²) in [6.45, 7) is 0.404. The fourth-order valence-corrected chi connectivity index (χ4v) is 3.76. The lowest BCUT2D eigenvalue weighted by atomic mass is 10.0. The number of aromatic nitrogens is 5. The summed E-state index contributed by atoms with van der Waals surface area (Å²) in [5.74, 6) is -0.317. The zero-order valence-electron chi connectivity index (χ0n) is 18.1. The van der Waals surface area contributed by atoms with Gasteiger partial charge < -0.3 is 20.1 Å². The summed E-state index contributed by atoms with van der Waals surface area (Å²) in [7, 11) is 0. The van der Waals surface area contributed by atoms with E-state index in [1.807, 2.05) is 72.9 Å². The standard InChI is InChI=1S/C25H22N6O3/c32-24(33)23(14-18-16-27-22-9-5-4-8-21(18)22)26-15-17-10-12-20(13-11-17)34-25-28-29-30-31(25)19-6-2-1-3-7-19/h1-13,16,23,26-27H,14-15H2,(H,32,33)/t23-/m1/s1. The molecular formula is C25H22N6O3. The highest BCUT2D eigenvalue weighted by molar-refractivity contribution is 5.84. The van der Waals surface area contributed by atoms with E-state index in [4.69, 9.17) is 4.74 Å². The number of carboxylic acid groups (broad SMARTS) is 1. The molecule has 0 aliphatic rings. The molecule has 5 rings (SSSR count). The average Bonchev–Trinajstić information content (AvgIpc) is 3.50. The van der Waals surface area contributed by atoms with Crippen molar-refractivity contribution in [1.29, 1.82) is 0 Å². The molecule has 0 aliphatic carbocycles. The topological polar surface area (TPSA) is 118 Å². The number of aromatic amines is 1. The van der Waals surface area contributed by atoms with Gasteiger partial charge in [-0.2, -0.15) is 4.68 Å². The number of rotatable bonds is 9. The molecular weight excluding hydrogens is 432 g/mol. The van der Waals surface area contributed by atoms with Crippen molar-refractivity contribution < 1.29 is 14.6 Å². The first kappa shape index (κ1) is 21.4. The normalized spacial score (nSPS) is 12.0. The van der Waals surface area contributed by atoms with Gasteiger partial charge in [0.15, 0.2) is 0 Å². The van der Waals surface area contributed by atoms with Crippen LogP contribution in [-0.4, -0.2) is 42.3 Å². The van der Waals surface area contributed by atoms with Gasteiger partial charge in [-0.1, -0.05) is 53.6 Å². The summed E-state index contributed by atoms with van der Waals surface area (Å²) >= 11 is 0. The van der Waals surface area contributed by atoms with E-state index in [1.54, 1.807) is 12.1 Å². The number of nitrogens with one attached hydrogen (secondary N) is 2. The number of H-pyrrole nitrogens is 1. The van der Waals surface area contributed by atoms with E-state index in [0.29, 0.717) is 18.7 Å². The van der Waals surface area contributed by atoms with Gasteiger partial charge in [0.2, 0.25) is 0 Å². The first-order valence-corrected chi connectivity index (χ1v) is 10.8. The third-order valence-corrected chi connectivity index (χ3v) is 5.52. The average molecular weight is 454 g/mol. The molecule has 5 aromatic rings. The minimum Gasteiger partial charge on any atom is -0.480 e. The third kappa shape index (κ3) is 4.64. The maximum atomic E-state index is 11.8. The van der Waals surface area contributed by atoms with E-state index < -0.39 is 12.0 Å². The van der Waals surface area contributed by atoms with Crippen LogP contribution in [0.5, 0.6) is 11.8 Å². The van der Waals surface area contributed by atoms with Gasteiger partial charge in [0, 0.05) is 30.1 Å². The Morgan fingerprint density at radius 1 is 1.03 bits per heavy atom. The number of nitrogens with zero attached hydrogens (tertiary/aromatic N) is 4. The van der Waals surface area contributed by atoms with Gasteiger partial charge in [0.1, 0.15) is 11.8 Å². The number of carboxylic acids is 1. The highest BCUT2D eigenvalue weighted by atomic mass is 16.5. The van der Waals surface area contributed by atoms with E-state index in [2.05, 4.69) is 25.8 Å². The van der Waals surface area contributed by atoms with Gasteiger partial charge in [-0.15, -0.1) is 0 Å². The van der Waals surface area contributed by atoms with Gasteiger partial charge in [-0.05, 0) is 51.9 Å². The molecule has 0 radical (unpaired) electrons. The van der Waals surface area contributed by atoms with Gasteiger partial charge >= 0.3 is 12.0 Å². The Bertz CT molecular complexity index is 1400. The van der Waals surface area contributed by atoms with E-state index in [9.17, 15) is 9.90 Å².